The molecule has 0 atom stereocenters. The van der Waals surface area contributed by atoms with E-state index < -0.39 is 30.3 Å². The van der Waals surface area contributed by atoms with Gasteiger partial charge in [-0.1, -0.05) is 127 Å². The van der Waals surface area contributed by atoms with Crippen molar-refractivity contribution in [3.8, 4) is 0 Å². The molecular weight excluding hydrogens is 560 g/mol. The number of fused-ring (bicyclic) bond motifs is 1. The van der Waals surface area contributed by atoms with Crippen molar-refractivity contribution in [2.75, 3.05) is 0 Å². The van der Waals surface area contributed by atoms with Crippen molar-refractivity contribution in [1.29, 1.82) is 0 Å². The topological polar surface area (TPSA) is 127 Å². The second kappa shape index (κ2) is 16.4. The van der Waals surface area contributed by atoms with E-state index in [0.29, 0.717) is 12.0 Å². The summed E-state index contributed by atoms with van der Waals surface area (Å²) in [5.74, 6) is 0. The van der Waals surface area contributed by atoms with Crippen molar-refractivity contribution in [3.63, 3.8) is 0 Å². The molecule has 8 nitrogen and oxygen atoms in total. The van der Waals surface area contributed by atoms with Crippen molar-refractivity contribution in [2.45, 2.75) is 126 Å². The molecule has 10 heteroatoms. The number of hydrogen-bond acceptors (Lipinski definition) is 5. The van der Waals surface area contributed by atoms with Gasteiger partial charge in [0.15, 0.2) is 0 Å². The first kappa shape index (κ1) is 33.2. The molecular formula is C31H46N2O6S2. The van der Waals surface area contributed by atoms with Gasteiger partial charge in [-0.15, -0.1) is 0 Å². The first-order valence-corrected chi connectivity index (χ1v) is 18.0. The highest BCUT2D eigenvalue weighted by molar-refractivity contribution is 7.86. The number of aromatic nitrogens is 2. The average molecular weight is 607 g/mol. The van der Waals surface area contributed by atoms with Gasteiger partial charge in [-0.2, -0.15) is 16.8 Å². The summed E-state index contributed by atoms with van der Waals surface area (Å²) < 4.78 is 69.8. The maximum absolute atomic E-state index is 12.2. The van der Waals surface area contributed by atoms with Crippen LogP contribution < -0.4 is 0 Å². The molecule has 0 aliphatic heterocycles. The Morgan fingerprint density at radius 3 is 1.66 bits per heavy atom. The van der Waals surface area contributed by atoms with Crippen LogP contribution in [0.2, 0.25) is 0 Å². The van der Waals surface area contributed by atoms with Crippen LogP contribution in [-0.2, 0) is 33.2 Å². The smallest absolute Gasteiger partial charge is 0.308 e. The molecule has 1 aromatic heterocycles. The summed E-state index contributed by atoms with van der Waals surface area (Å²) in [5, 5.41) is -0.662. The lowest BCUT2D eigenvalue weighted by Gasteiger charge is -2.10. The van der Waals surface area contributed by atoms with E-state index in [-0.39, 0.29) is 17.6 Å². The highest BCUT2D eigenvalue weighted by Gasteiger charge is 2.27. The molecule has 41 heavy (non-hydrogen) atoms. The Morgan fingerprint density at radius 2 is 1.17 bits per heavy atom. The van der Waals surface area contributed by atoms with E-state index in [0.717, 1.165) is 24.8 Å². The van der Waals surface area contributed by atoms with Crippen molar-refractivity contribution in [1.82, 2.24) is 9.55 Å². The summed E-state index contributed by atoms with van der Waals surface area (Å²) in [7, 11) is -9.44. The normalized spacial score (nSPS) is 12.4. The van der Waals surface area contributed by atoms with Gasteiger partial charge in [0.25, 0.3) is 15.3 Å². The van der Waals surface area contributed by atoms with Crippen molar-refractivity contribution < 1.29 is 25.9 Å². The van der Waals surface area contributed by atoms with E-state index in [9.17, 15) is 25.9 Å². The lowest BCUT2D eigenvalue weighted by atomic mass is 10.0. The van der Waals surface area contributed by atoms with Gasteiger partial charge in [0.1, 0.15) is 10.4 Å². The molecule has 0 aliphatic rings. The first-order chi connectivity index (χ1) is 19.6. The number of unbranched alkanes of at least 4 members (excludes halogenated alkanes) is 14. The minimum atomic E-state index is -4.76. The number of aryl methyl sites for hydroxylation is 1. The van der Waals surface area contributed by atoms with Crippen LogP contribution in [-0.4, -0.2) is 35.5 Å². The fraction of sp³-hybridized carbons (Fsp3) is 0.581. The lowest BCUT2D eigenvalue weighted by Crippen LogP contribution is -2.10. The molecule has 3 aromatic rings. The number of nitrogens with zero attached hydrogens (tertiary/aromatic N) is 2. The van der Waals surface area contributed by atoms with Crippen molar-refractivity contribution in [3.05, 3.63) is 53.6 Å². The quantitative estimate of drug-likeness (QED) is 0.0985. The van der Waals surface area contributed by atoms with Gasteiger partial charge in [0.2, 0.25) is 0 Å². The molecule has 0 fully saturated rings. The fourth-order valence-corrected chi connectivity index (χ4v) is 6.73. The van der Waals surface area contributed by atoms with Crippen LogP contribution in [0.3, 0.4) is 0 Å². The Hall–Kier alpha value is -2.27. The van der Waals surface area contributed by atoms with Gasteiger partial charge >= 0.3 is 10.1 Å². The molecule has 0 radical (unpaired) electrons. The van der Waals surface area contributed by atoms with E-state index >= 15 is 0 Å². The van der Waals surface area contributed by atoms with Crippen molar-refractivity contribution in [2.24, 2.45) is 0 Å². The van der Waals surface area contributed by atoms with Crippen LogP contribution in [0, 0.1) is 0 Å². The predicted molar refractivity (Wildman–Crippen MR) is 164 cm³/mol. The van der Waals surface area contributed by atoms with E-state index in [1.54, 1.807) is 30.3 Å². The third kappa shape index (κ3) is 10.8. The van der Waals surface area contributed by atoms with E-state index in [4.69, 9.17) is 0 Å². The van der Waals surface area contributed by atoms with E-state index in [1.165, 1.54) is 87.7 Å². The zero-order valence-corrected chi connectivity index (χ0v) is 25.9. The summed E-state index contributed by atoms with van der Waals surface area (Å²) in [5.41, 5.74) is 1.46. The summed E-state index contributed by atoms with van der Waals surface area (Å²) >= 11 is 0. The Labute approximate surface area is 246 Å². The molecule has 0 aliphatic carbocycles. The van der Waals surface area contributed by atoms with Crippen LogP contribution in [0.15, 0.2) is 52.5 Å². The Kier molecular flexibility index (Phi) is 13.3. The van der Waals surface area contributed by atoms with Crippen LogP contribution in [0.25, 0.3) is 11.0 Å². The van der Waals surface area contributed by atoms with Crippen molar-refractivity contribution >= 4 is 31.3 Å². The highest BCUT2D eigenvalue weighted by Crippen LogP contribution is 2.29. The molecule has 0 bridgehead atoms. The zero-order valence-electron chi connectivity index (χ0n) is 24.3. The lowest BCUT2D eigenvalue weighted by molar-refractivity contribution is 0.466. The van der Waals surface area contributed by atoms with Gasteiger partial charge in [-0.25, -0.2) is 4.98 Å². The van der Waals surface area contributed by atoms with Gasteiger partial charge in [-0.05, 0) is 36.1 Å². The number of rotatable bonds is 20. The average Bonchev–Trinajstić information content (AvgIpc) is 3.29. The molecule has 228 valence electrons. The standard InChI is InChI=1S/C31H46N2O6S2/c1-2-3-4-5-6-7-8-9-10-11-12-13-14-15-17-22-27-23-28-30(29(24-27)40(34,35)36)32-31(41(37,38)39)33(28)25-26-20-18-16-19-21-26/h16,18-21,23-24H,2-15,17,22,25H2,1H3,(H,34,35,36)(H,37,38,39). The van der Waals surface area contributed by atoms with Gasteiger partial charge in [0, 0.05) is 0 Å². The Morgan fingerprint density at radius 1 is 0.659 bits per heavy atom. The summed E-state index contributed by atoms with van der Waals surface area (Å²) in [6.45, 7) is 2.30. The molecule has 0 unspecified atom stereocenters. The van der Waals surface area contributed by atoms with Crippen LogP contribution >= 0.6 is 0 Å². The Bertz CT molecular complexity index is 1430. The first-order valence-electron chi connectivity index (χ1n) is 15.1. The van der Waals surface area contributed by atoms with Crippen LogP contribution in [0.5, 0.6) is 0 Å². The molecule has 2 aromatic carbocycles. The predicted octanol–water partition coefficient (Wildman–Crippen LogP) is 7.99. The second-order valence-corrected chi connectivity index (χ2v) is 13.8. The molecule has 0 spiro atoms. The van der Waals surface area contributed by atoms with E-state index in [2.05, 4.69) is 11.9 Å². The van der Waals surface area contributed by atoms with E-state index in [1.807, 2.05) is 6.07 Å². The Balaban J connectivity index is 1.56. The third-order valence-corrected chi connectivity index (χ3v) is 9.25. The zero-order chi connectivity index (χ0) is 29.7. The largest absolute Gasteiger partial charge is 0.328 e. The summed E-state index contributed by atoms with van der Waals surface area (Å²) in [4.78, 5) is 3.49. The van der Waals surface area contributed by atoms with Gasteiger partial charge < -0.3 is 4.57 Å². The van der Waals surface area contributed by atoms with Crippen LogP contribution in [0.1, 0.15) is 114 Å². The molecule has 2 N–H and O–H groups in total. The minimum Gasteiger partial charge on any atom is -0.308 e. The molecule has 0 amide bonds. The third-order valence-electron chi connectivity index (χ3n) is 7.60. The summed E-state index contributed by atoms with van der Waals surface area (Å²) in [6, 6.07) is 12.1. The molecule has 3 rings (SSSR count). The number of imidazole rings is 1. The molecule has 1 heterocycles. The van der Waals surface area contributed by atoms with Gasteiger partial charge in [0.05, 0.1) is 12.1 Å². The maximum Gasteiger partial charge on any atom is 0.328 e. The number of benzene rings is 2. The van der Waals surface area contributed by atoms with Gasteiger partial charge in [-0.3, -0.25) is 9.11 Å². The van der Waals surface area contributed by atoms with Crippen LogP contribution in [0.4, 0.5) is 0 Å². The molecule has 0 saturated heterocycles. The SMILES string of the molecule is CCCCCCCCCCCCCCCCCc1cc(S(=O)(=O)O)c2nc(S(=O)(=O)O)n(Cc3ccccc3)c2c1. The fourth-order valence-electron chi connectivity index (χ4n) is 5.38. The minimum absolute atomic E-state index is 0.0553. The molecule has 0 saturated carbocycles. The monoisotopic (exact) mass is 606 g/mol. The number of hydrogen-bond donors (Lipinski definition) is 2. The summed E-state index contributed by atoms with van der Waals surface area (Å²) in [6.07, 6.45) is 19.3. The highest BCUT2D eigenvalue weighted by atomic mass is 32.2. The maximum atomic E-state index is 12.2. The second-order valence-electron chi connectivity index (χ2n) is 11.1.